The van der Waals surface area contributed by atoms with Crippen LogP contribution < -0.4 is 5.32 Å². The zero-order valence-corrected chi connectivity index (χ0v) is 10.3. The Balaban J connectivity index is 2.21. The van der Waals surface area contributed by atoms with E-state index in [2.05, 4.69) is 5.32 Å². The van der Waals surface area contributed by atoms with Crippen molar-refractivity contribution in [3.8, 4) is 0 Å². The Kier molecular flexibility index (Phi) is 3.58. The Morgan fingerprint density at radius 3 is 2.59 bits per heavy atom. The molecular formula is C11H11Cl2NO3. The second-order valence-corrected chi connectivity index (χ2v) is 4.86. The molecule has 1 heterocycles. The molecule has 2 atom stereocenters. The van der Waals surface area contributed by atoms with Gasteiger partial charge in [0, 0.05) is 0 Å². The molecule has 92 valence electrons. The van der Waals surface area contributed by atoms with Gasteiger partial charge in [-0.2, -0.15) is 0 Å². The quantitative estimate of drug-likeness (QED) is 0.828. The van der Waals surface area contributed by atoms with Crippen LogP contribution in [0.4, 0.5) is 0 Å². The number of hydrogen-bond acceptors (Lipinski definition) is 3. The summed E-state index contributed by atoms with van der Waals surface area (Å²) in [5.74, 6) is -1.22. The Labute approximate surface area is 108 Å². The van der Waals surface area contributed by atoms with E-state index >= 15 is 0 Å². The molecule has 17 heavy (non-hydrogen) atoms. The molecule has 0 saturated carbocycles. The van der Waals surface area contributed by atoms with Crippen LogP contribution in [0.25, 0.3) is 0 Å². The smallest absolute Gasteiger partial charge is 0.354 e. The summed E-state index contributed by atoms with van der Waals surface area (Å²) in [6.07, 6.45) is 0. The highest BCUT2D eigenvalue weighted by Crippen LogP contribution is 2.33. The Bertz CT molecular complexity index is 412. The molecule has 2 unspecified atom stereocenters. The predicted molar refractivity (Wildman–Crippen MR) is 64.1 cm³/mol. The molecule has 2 N–H and O–H groups in total. The summed E-state index contributed by atoms with van der Waals surface area (Å²) < 4.78 is 5.26. The van der Waals surface area contributed by atoms with Gasteiger partial charge in [-0.15, -0.1) is 0 Å². The lowest BCUT2D eigenvalue weighted by molar-refractivity contribution is -0.160. The SMILES string of the molecule is O=C(O)C1(C(Cl)Cl)NC(c2ccccc2)CO1. The summed E-state index contributed by atoms with van der Waals surface area (Å²) in [6, 6.07) is 9.17. The third-order valence-corrected chi connectivity index (χ3v) is 3.31. The van der Waals surface area contributed by atoms with Crippen LogP contribution in [0.5, 0.6) is 0 Å². The predicted octanol–water partition coefficient (Wildman–Crippen LogP) is 1.93. The zero-order chi connectivity index (χ0) is 12.5. The van der Waals surface area contributed by atoms with E-state index in [1.807, 2.05) is 30.3 Å². The van der Waals surface area contributed by atoms with Crippen LogP contribution in [-0.4, -0.2) is 28.2 Å². The lowest BCUT2D eigenvalue weighted by atomic mass is 10.1. The number of carbonyl (C=O) groups is 1. The minimum Gasteiger partial charge on any atom is -0.478 e. The number of aliphatic carboxylic acids is 1. The number of carboxylic acids is 1. The standard InChI is InChI=1S/C11H11Cl2NO3/c12-9(13)11(10(15)16)14-8(6-17-11)7-4-2-1-3-5-7/h1-5,8-9,14H,6H2,(H,15,16). The number of nitrogens with one attached hydrogen (secondary N) is 1. The molecule has 1 saturated heterocycles. The molecule has 0 amide bonds. The summed E-state index contributed by atoms with van der Waals surface area (Å²) in [6.45, 7) is 0.215. The number of benzene rings is 1. The van der Waals surface area contributed by atoms with Crippen LogP contribution in [0.2, 0.25) is 0 Å². The van der Waals surface area contributed by atoms with Gasteiger partial charge in [-0.3, -0.25) is 5.32 Å². The molecule has 1 aromatic carbocycles. The third kappa shape index (κ3) is 2.26. The van der Waals surface area contributed by atoms with E-state index in [9.17, 15) is 4.79 Å². The highest BCUT2D eigenvalue weighted by atomic mass is 35.5. The van der Waals surface area contributed by atoms with Gasteiger partial charge in [0.15, 0.2) is 4.84 Å². The number of hydrogen-bond donors (Lipinski definition) is 2. The van der Waals surface area contributed by atoms with Gasteiger partial charge >= 0.3 is 5.97 Å². The first-order chi connectivity index (χ1) is 8.06. The maximum Gasteiger partial charge on any atom is 0.354 e. The number of carboxylic acid groups (broad SMARTS) is 1. The summed E-state index contributed by atoms with van der Waals surface area (Å²) in [4.78, 5) is 10.00. The largest absolute Gasteiger partial charge is 0.478 e. The fourth-order valence-electron chi connectivity index (χ4n) is 1.76. The highest BCUT2D eigenvalue weighted by Gasteiger charge is 2.52. The summed E-state index contributed by atoms with van der Waals surface area (Å²) >= 11 is 11.4. The maximum atomic E-state index is 11.2. The first-order valence-corrected chi connectivity index (χ1v) is 5.91. The van der Waals surface area contributed by atoms with Crippen LogP contribution in [0, 0.1) is 0 Å². The first-order valence-electron chi connectivity index (χ1n) is 5.04. The molecule has 1 aliphatic rings. The Morgan fingerprint density at radius 2 is 2.12 bits per heavy atom. The third-order valence-electron chi connectivity index (χ3n) is 2.69. The van der Waals surface area contributed by atoms with E-state index in [-0.39, 0.29) is 12.6 Å². The van der Waals surface area contributed by atoms with E-state index in [1.54, 1.807) is 0 Å². The first kappa shape index (κ1) is 12.6. The molecule has 1 fully saturated rings. The van der Waals surface area contributed by atoms with Crippen molar-refractivity contribution >= 4 is 29.2 Å². The van der Waals surface area contributed by atoms with E-state index in [1.165, 1.54) is 0 Å². The molecule has 6 heteroatoms. The van der Waals surface area contributed by atoms with E-state index < -0.39 is 16.5 Å². The highest BCUT2D eigenvalue weighted by molar-refractivity contribution is 6.46. The minimum atomic E-state index is -1.73. The van der Waals surface area contributed by atoms with Crippen LogP contribution in [0.15, 0.2) is 30.3 Å². The van der Waals surface area contributed by atoms with Crippen LogP contribution in [0.1, 0.15) is 11.6 Å². The Morgan fingerprint density at radius 1 is 1.47 bits per heavy atom. The van der Waals surface area contributed by atoms with Gasteiger partial charge in [0.1, 0.15) is 0 Å². The normalized spacial score (nSPS) is 28.5. The van der Waals surface area contributed by atoms with Crippen molar-refractivity contribution in [1.82, 2.24) is 5.32 Å². The molecule has 0 aromatic heterocycles. The van der Waals surface area contributed by atoms with E-state index in [0.717, 1.165) is 5.56 Å². The lowest BCUT2D eigenvalue weighted by Crippen LogP contribution is -2.54. The van der Waals surface area contributed by atoms with Gasteiger partial charge in [-0.25, -0.2) is 4.79 Å². The fourth-order valence-corrected chi connectivity index (χ4v) is 2.20. The van der Waals surface area contributed by atoms with Gasteiger partial charge in [-0.1, -0.05) is 53.5 Å². The van der Waals surface area contributed by atoms with Crippen molar-refractivity contribution in [1.29, 1.82) is 0 Å². The van der Waals surface area contributed by atoms with Gasteiger partial charge in [0.2, 0.25) is 5.72 Å². The van der Waals surface area contributed by atoms with Crippen molar-refractivity contribution in [2.24, 2.45) is 0 Å². The molecule has 4 nitrogen and oxygen atoms in total. The number of halogens is 2. The van der Waals surface area contributed by atoms with Crippen LogP contribution in [0.3, 0.4) is 0 Å². The maximum absolute atomic E-state index is 11.2. The Hall–Kier alpha value is -0.810. The summed E-state index contributed by atoms with van der Waals surface area (Å²) in [7, 11) is 0. The fraction of sp³-hybridized carbons (Fsp3) is 0.364. The van der Waals surface area contributed by atoms with Gasteiger partial charge in [0.05, 0.1) is 12.6 Å². The summed E-state index contributed by atoms with van der Waals surface area (Å²) in [5.41, 5.74) is -0.798. The van der Waals surface area contributed by atoms with E-state index in [0.29, 0.717) is 0 Å². The van der Waals surface area contributed by atoms with Gasteiger partial charge in [-0.05, 0) is 5.56 Å². The van der Waals surface area contributed by atoms with Gasteiger partial charge < -0.3 is 9.84 Å². The molecule has 2 rings (SSSR count). The van der Waals surface area contributed by atoms with Crippen LogP contribution in [-0.2, 0) is 9.53 Å². The van der Waals surface area contributed by atoms with Crippen LogP contribution >= 0.6 is 23.2 Å². The molecule has 1 aromatic rings. The zero-order valence-electron chi connectivity index (χ0n) is 8.77. The van der Waals surface area contributed by atoms with Crippen molar-refractivity contribution < 1.29 is 14.6 Å². The minimum absolute atomic E-state index is 0.215. The van der Waals surface area contributed by atoms with Crippen molar-refractivity contribution in [2.45, 2.75) is 16.6 Å². The van der Waals surface area contributed by atoms with Crippen molar-refractivity contribution in [3.63, 3.8) is 0 Å². The molecule has 0 spiro atoms. The lowest BCUT2D eigenvalue weighted by Gasteiger charge is -2.25. The average molecular weight is 276 g/mol. The number of ether oxygens (including phenoxy) is 1. The molecule has 0 aliphatic carbocycles. The summed E-state index contributed by atoms with van der Waals surface area (Å²) in [5, 5.41) is 12.0. The van der Waals surface area contributed by atoms with Crippen molar-refractivity contribution in [3.05, 3.63) is 35.9 Å². The average Bonchev–Trinajstić information content (AvgIpc) is 2.76. The molecule has 1 aliphatic heterocycles. The molecular weight excluding hydrogens is 265 g/mol. The van der Waals surface area contributed by atoms with Crippen molar-refractivity contribution in [2.75, 3.05) is 6.61 Å². The second-order valence-electron chi connectivity index (χ2n) is 3.76. The molecule has 0 radical (unpaired) electrons. The topological polar surface area (TPSA) is 58.6 Å². The number of alkyl halides is 2. The monoisotopic (exact) mass is 275 g/mol. The van der Waals surface area contributed by atoms with Gasteiger partial charge in [0.25, 0.3) is 0 Å². The number of rotatable bonds is 3. The molecule has 0 bridgehead atoms. The second kappa shape index (κ2) is 4.82. The van der Waals surface area contributed by atoms with E-state index in [4.69, 9.17) is 33.0 Å².